The summed E-state index contributed by atoms with van der Waals surface area (Å²) in [7, 11) is 1.00. The topological polar surface area (TPSA) is 118 Å². The zero-order valence-corrected chi connectivity index (χ0v) is 24.3. The van der Waals surface area contributed by atoms with Crippen LogP contribution in [0.4, 0.5) is 5.82 Å². The van der Waals surface area contributed by atoms with Crippen molar-refractivity contribution >= 4 is 5.82 Å². The van der Waals surface area contributed by atoms with Gasteiger partial charge in [-0.2, -0.15) is 5.26 Å². The third-order valence-electron chi connectivity index (χ3n) is 8.01. The number of hydrogen-bond acceptors (Lipinski definition) is 8. The predicted octanol–water partition coefficient (Wildman–Crippen LogP) is 5.37. The Hall–Kier alpha value is -4.45. The minimum Gasteiger partial charge on any atom is -0.488 e. The monoisotopic (exact) mass is 563 g/mol. The van der Waals surface area contributed by atoms with E-state index in [4.69, 9.17) is 20.3 Å². The molecule has 0 bridgehead atoms. The summed E-state index contributed by atoms with van der Waals surface area (Å²) in [6, 6.07) is 16.2. The Bertz CT molecular complexity index is 1580. The maximum Gasteiger partial charge on any atom is 0.128 e. The first-order valence-electron chi connectivity index (χ1n) is 14.3. The van der Waals surface area contributed by atoms with Crippen LogP contribution in [0.2, 0.25) is 0 Å². The average molecular weight is 564 g/mol. The molecule has 6 rings (SSSR count). The largest absolute Gasteiger partial charge is 0.488 e. The summed E-state index contributed by atoms with van der Waals surface area (Å²) in [5, 5.41) is 16.3. The van der Waals surface area contributed by atoms with E-state index in [9.17, 15) is 5.26 Å². The molecule has 1 fully saturated rings. The van der Waals surface area contributed by atoms with Crippen molar-refractivity contribution in [2.24, 2.45) is 0 Å². The number of fused-ring (bicyclic) bond motifs is 1. The number of aliphatic hydroxyl groups excluding tert-OH is 1. The number of pyridine rings is 2. The van der Waals surface area contributed by atoms with Crippen LogP contribution in [-0.2, 0) is 32.6 Å². The molecule has 4 aromatic rings. The second kappa shape index (κ2) is 13.5. The van der Waals surface area contributed by atoms with Gasteiger partial charge < -0.3 is 20.3 Å². The van der Waals surface area contributed by atoms with E-state index in [1.54, 1.807) is 12.4 Å². The summed E-state index contributed by atoms with van der Waals surface area (Å²) in [5.74, 6) is 2.28. The van der Waals surface area contributed by atoms with Crippen molar-refractivity contribution in [3.63, 3.8) is 0 Å². The normalized spacial score (nSPS) is 13.8. The van der Waals surface area contributed by atoms with Gasteiger partial charge in [0.05, 0.1) is 5.56 Å². The Kier molecular flexibility index (Phi) is 9.32. The van der Waals surface area contributed by atoms with Crippen LogP contribution in [-0.4, -0.2) is 40.2 Å². The molecule has 2 aliphatic rings. The molecular weight excluding hydrogens is 526 g/mol. The first-order chi connectivity index (χ1) is 20.6. The van der Waals surface area contributed by atoms with E-state index < -0.39 is 0 Å². The number of likely N-dealkylation sites (tertiary alicyclic amines) is 1. The third-order valence-corrected chi connectivity index (χ3v) is 8.01. The minimum absolute atomic E-state index is 0.352. The Morgan fingerprint density at radius 2 is 1.76 bits per heavy atom. The quantitative estimate of drug-likeness (QED) is 0.279. The highest BCUT2D eigenvalue weighted by molar-refractivity contribution is 5.68. The Morgan fingerprint density at radius 1 is 0.952 bits per heavy atom. The number of benzene rings is 2. The Labute approximate surface area is 247 Å². The number of rotatable bonds is 9. The first-order valence-corrected chi connectivity index (χ1v) is 14.3. The second-order valence-electron chi connectivity index (χ2n) is 10.6. The Morgan fingerprint density at radius 3 is 2.50 bits per heavy atom. The van der Waals surface area contributed by atoms with Crippen molar-refractivity contribution in [2.75, 3.05) is 25.9 Å². The lowest BCUT2D eigenvalue weighted by Crippen LogP contribution is -2.36. The zero-order valence-electron chi connectivity index (χ0n) is 24.3. The highest BCUT2D eigenvalue weighted by atomic mass is 16.5. The number of nitrogen functional groups attached to an aromatic ring is 1. The molecule has 0 radical (unpaired) electrons. The molecule has 0 saturated carbocycles. The highest BCUT2D eigenvalue weighted by Gasteiger charge is 2.26. The molecule has 2 aromatic heterocycles. The molecule has 216 valence electrons. The lowest BCUT2D eigenvalue weighted by molar-refractivity contribution is 0.168. The number of anilines is 1. The molecule has 0 atom stereocenters. The maximum absolute atomic E-state index is 9.27. The van der Waals surface area contributed by atoms with Crippen LogP contribution < -0.4 is 15.2 Å². The van der Waals surface area contributed by atoms with Gasteiger partial charge in [-0.3, -0.25) is 9.88 Å². The number of aliphatic hydroxyl groups is 1. The number of hydrogen-bond donors (Lipinski definition) is 2. The summed E-state index contributed by atoms with van der Waals surface area (Å²) < 4.78 is 13.0. The standard InChI is InChI=1S/C33H33N5O2.CH4O/c1-22-26(5-2-6-27(22)25-9-10-33(35)37-18-25)21-40-31-14-32(39-20-24-13-23(15-34)16-36-17-24)30(19-38-11-4-12-38)28-7-3-8-29(28)31;1-2/h2,5-6,9-10,13-14,16-18H,3-4,7-8,11-12,19-21H2,1H3,(H2,35,37);2H,1H3. The van der Waals surface area contributed by atoms with Crippen LogP contribution in [0, 0.1) is 18.3 Å². The first kappa shape index (κ1) is 29.1. The SMILES string of the molecule is CO.Cc1c(COc2cc(OCc3cncc(C#N)c3)c(CN3CCC3)c3c2CCC3)cccc1-c1ccc(N)nc1. The van der Waals surface area contributed by atoms with Gasteiger partial charge in [-0.25, -0.2) is 4.98 Å². The zero-order chi connectivity index (χ0) is 29.5. The van der Waals surface area contributed by atoms with Gasteiger partial charge in [0.1, 0.15) is 36.6 Å². The van der Waals surface area contributed by atoms with Gasteiger partial charge in [-0.15, -0.1) is 0 Å². The number of ether oxygens (including phenoxy) is 2. The van der Waals surface area contributed by atoms with Crippen molar-refractivity contribution in [1.82, 2.24) is 14.9 Å². The predicted molar refractivity (Wildman–Crippen MR) is 163 cm³/mol. The van der Waals surface area contributed by atoms with Gasteiger partial charge in [0.2, 0.25) is 0 Å². The maximum atomic E-state index is 9.27. The average Bonchev–Trinajstić information content (AvgIpc) is 3.50. The summed E-state index contributed by atoms with van der Waals surface area (Å²) in [5.41, 5.74) is 15.6. The number of nitrogens with zero attached hydrogens (tertiary/aromatic N) is 4. The molecular formula is C34H37N5O3. The van der Waals surface area contributed by atoms with Gasteiger partial charge in [0.15, 0.2) is 0 Å². The van der Waals surface area contributed by atoms with Crippen LogP contribution in [0.3, 0.4) is 0 Å². The van der Waals surface area contributed by atoms with Crippen LogP contribution in [0.25, 0.3) is 11.1 Å². The van der Waals surface area contributed by atoms with E-state index in [-0.39, 0.29) is 0 Å². The molecule has 1 aliphatic carbocycles. The Balaban J connectivity index is 0.00000173. The molecule has 2 aromatic carbocycles. The minimum atomic E-state index is 0.352. The molecule has 3 N–H and O–H groups in total. The van der Waals surface area contributed by atoms with Crippen molar-refractivity contribution < 1.29 is 14.6 Å². The highest BCUT2D eigenvalue weighted by Crippen LogP contribution is 2.41. The smallest absolute Gasteiger partial charge is 0.128 e. The van der Waals surface area contributed by atoms with Crippen LogP contribution in [0.15, 0.2) is 61.1 Å². The fourth-order valence-corrected chi connectivity index (χ4v) is 5.65. The van der Waals surface area contributed by atoms with Crippen molar-refractivity contribution in [3.8, 4) is 28.7 Å². The molecule has 1 aliphatic heterocycles. The summed E-state index contributed by atoms with van der Waals surface area (Å²) >= 11 is 0. The third kappa shape index (κ3) is 6.38. The summed E-state index contributed by atoms with van der Waals surface area (Å²) in [4.78, 5) is 10.9. The lowest BCUT2D eigenvalue weighted by Gasteiger charge is -2.32. The molecule has 1 saturated heterocycles. The van der Waals surface area contributed by atoms with Gasteiger partial charge in [0.25, 0.3) is 0 Å². The molecule has 8 nitrogen and oxygen atoms in total. The van der Waals surface area contributed by atoms with Crippen LogP contribution in [0.5, 0.6) is 11.5 Å². The number of nitrogens with two attached hydrogens (primary N) is 1. The van der Waals surface area contributed by atoms with Crippen molar-refractivity contribution in [2.45, 2.75) is 52.4 Å². The van der Waals surface area contributed by atoms with E-state index in [1.807, 2.05) is 24.4 Å². The fraction of sp³-hybridized carbons (Fsp3) is 0.324. The van der Waals surface area contributed by atoms with Crippen molar-refractivity contribution in [3.05, 3.63) is 100.0 Å². The lowest BCUT2D eigenvalue weighted by atomic mass is 9.97. The van der Waals surface area contributed by atoms with E-state index in [0.29, 0.717) is 24.6 Å². The molecule has 0 unspecified atom stereocenters. The molecule has 8 heteroatoms. The molecule has 42 heavy (non-hydrogen) atoms. The van der Waals surface area contributed by atoms with Gasteiger partial charge in [-0.05, 0) is 91.7 Å². The second-order valence-corrected chi connectivity index (χ2v) is 10.6. The molecule has 0 amide bonds. The van der Waals surface area contributed by atoms with Gasteiger partial charge in [0, 0.05) is 55.0 Å². The van der Waals surface area contributed by atoms with E-state index >= 15 is 0 Å². The van der Waals surface area contributed by atoms with Gasteiger partial charge in [-0.1, -0.05) is 18.2 Å². The van der Waals surface area contributed by atoms with Crippen LogP contribution in [0.1, 0.15) is 51.8 Å². The van der Waals surface area contributed by atoms with Crippen LogP contribution >= 0.6 is 0 Å². The van der Waals surface area contributed by atoms with Crippen molar-refractivity contribution in [1.29, 1.82) is 5.26 Å². The summed E-state index contributed by atoms with van der Waals surface area (Å²) in [6.07, 6.45) is 9.57. The van der Waals surface area contributed by atoms with E-state index in [1.165, 1.54) is 28.7 Å². The summed E-state index contributed by atoms with van der Waals surface area (Å²) in [6.45, 7) is 6.09. The fourth-order valence-electron chi connectivity index (χ4n) is 5.65. The molecule has 0 spiro atoms. The van der Waals surface area contributed by atoms with Gasteiger partial charge >= 0.3 is 0 Å². The van der Waals surface area contributed by atoms with E-state index in [2.05, 4.69) is 52.1 Å². The number of nitriles is 1. The van der Waals surface area contributed by atoms with E-state index in [0.717, 1.165) is 79.8 Å². The molecule has 3 heterocycles. The number of aromatic nitrogens is 2.